The van der Waals surface area contributed by atoms with Gasteiger partial charge in [-0.2, -0.15) is 0 Å². The predicted octanol–water partition coefficient (Wildman–Crippen LogP) is 3.11. The molecule has 114 valence electrons. The van der Waals surface area contributed by atoms with E-state index in [-0.39, 0.29) is 11.8 Å². The molecular formula is C17H23ClN2O. The van der Waals surface area contributed by atoms with Crippen molar-refractivity contribution in [3.63, 3.8) is 0 Å². The molecule has 0 radical (unpaired) electrons. The molecule has 2 bridgehead atoms. The molecule has 2 aliphatic carbocycles. The number of fused-ring (bicyclic) bond motifs is 2. The van der Waals surface area contributed by atoms with Gasteiger partial charge in [-0.3, -0.25) is 4.79 Å². The van der Waals surface area contributed by atoms with E-state index in [9.17, 15) is 4.79 Å². The third-order valence-corrected chi connectivity index (χ3v) is 5.56. The van der Waals surface area contributed by atoms with E-state index >= 15 is 0 Å². The first-order chi connectivity index (χ1) is 10.1. The molecule has 0 aromatic heterocycles. The highest BCUT2D eigenvalue weighted by atomic mass is 35.5. The Kier molecular flexibility index (Phi) is 4.51. The maximum atomic E-state index is 12.4. The van der Waals surface area contributed by atoms with Crippen molar-refractivity contribution in [3.8, 4) is 0 Å². The van der Waals surface area contributed by atoms with E-state index in [4.69, 9.17) is 17.3 Å². The molecule has 0 spiro atoms. The minimum atomic E-state index is 0.127. The third kappa shape index (κ3) is 3.24. The van der Waals surface area contributed by atoms with Crippen LogP contribution in [0.1, 0.15) is 37.7 Å². The van der Waals surface area contributed by atoms with E-state index < -0.39 is 0 Å². The molecule has 2 atom stereocenters. The maximum Gasteiger partial charge on any atom is 0.223 e. The summed E-state index contributed by atoms with van der Waals surface area (Å²) in [7, 11) is 0. The first-order valence-electron chi connectivity index (χ1n) is 7.92. The third-order valence-electron chi connectivity index (χ3n) is 5.19. The van der Waals surface area contributed by atoms with Gasteiger partial charge in [-0.25, -0.2) is 0 Å². The maximum absolute atomic E-state index is 12.4. The largest absolute Gasteiger partial charge is 0.352 e. The van der Waals surface area contributed by atoms with Gasteiger partial charge in [0.15, 0.2) is 0 Å². The average molecular weight is 307 g/mol. The summed E-state index contributed by atoms with van der Waals surface area (Å²) < 4.78 is 0. The zero-order valence-electron chi connectivity index (χ0n) is 12.2. The Morgan fingerprint density at radius 3 is 2.57 bits per heavy atom. The van der Waals surface area contributed by atoms with Gasteiger partial charge in [0.1, 0.15) is 0 Å². The Balaban J connectivity index is 1.58. The van der Waals surface area contributed by atoms with Gasteiger partial charge < -0.3 is 11.1 Å². The van der Waals surface area contributed by atoms with Crippen molar-refractivity contribution in [2.45, 2.75) is 44.7 Å². The first-order valence-corrected chi connectivity index (χ1v) is 8.29. The monoisotopic (exact) mass is 306 g/mol. The quantitative estimate of drug-likeness (QED) is 0.901. The molecule has 21 heavy (non-hydrogen) atoms. The van der Waals surface area contributed by atoms with Gasteiger partial charge in [-0.1, -0.05) is 36.2 Å². The number of carbonyl (C=O) groups is 1. The van der Waals surface area contributed by atoms with Gasteiger partial charge in [0.2, 0.25) is 5.91 Å². The van der Waals surface area contributed by atoms with Crippen LogP contribution in [-0.4, -0.2) is 11.9 Å². The van der Waals surface area contributed by atoms with Crippen molar-refractivity contribution in [1.29, 1.82) is 0 Å². The molecule has 0 saturated heterocycles. The topological polar surface area (TPSA) is 55.1 Å². The number of amides is 1. The smallest absolute Gasteiger partial charge is 0.223 e. The van der Waals surface area contributed by atoms with Crippen molar-refractivity contribution >= 4 is 17.5 Å². The summed E-state index contributed by atoms with van der Waals surface area (Å²) in [6, 6.07) is 7.96. The standard InChI is InChI=1S/C17H23ClN2O/c18-15-7-2-1-4-13(15)10-20-17(21)14-8-11-5-3-6-12(9-14)16(11)19/h1-2,4,7,11-12,14,16H,3,5-6,8-10,19H2,(H,20,21). The lowest BCUT2D eigenvalue weighted by atomic mass is 9.65. The van der Waals surface area contributed by atoms with Crippen molar-refractivity contribution < 1.29 is 4.79 Å². The summed E-state index contributed by atoms with van der Waals surface area (Å²) in [6.07, 6.45) is 5.55. The molecule has 3 N–H and O–H groups in total. The van der Waals surface area contributed by atoms with E-state index in [2.05, 4.69) is 5.32 Å². The van der Waals surface area contributed by atoms with Crippen LogP contribution in [0.15, 0.2) is 24.3 Å². The van der Waals surface area contributed by atoms with E-state index in [1.165, 1.54) is 19.3 Å². The molecular weight excluding hydrogens is 284 g/mol. The highest BCUT2D eigenvalue weighted by molar-refractivity contribution is 6.31. The lowest BCUT2D eigenvalue weighted by Gasteiger charge is -2.43. The molecule has 2 aliphatic rings. The van der Waals surface area contributed by atoms with Crippen LogP contribution >= 0.6 is 11.6 Å². The number of halogens is 1. The molecule has 2 fully saturated rings. The Morgan fingerprint density at radius 1 is 1.24 bits per heavy atom. The first kappa shape index (κ1) is 14.9. The number of rotatable bonds is 3. The zero-order valence-corrected chi connectivity index (χ0v) is 13.0. The van der Waals surface area contributed by atoms with Gasteiger partial charge in [-0.05, 0) is 49.1 Å². The summed E-state index contributed by atoms with van der Waals surface area (Å²) in [4.78, 5) is 12.4. The highest BCUT2D eigenvalue weighted by Crippen LogP contribution is 2.41. The van der Waals surface area contributed by atoms with E-state index in [0.29, 0.717) is 29.4 Å². The fraction of sp³-hybridized carbons (Fsp3) is 0.588. The molecule has 0 aliphatic heterocycles. The summed E-state index contributed by atoms with van der Waals surface area (Å²) in [5.74, 6) is 1.36. The molecule has 2 saturated carbocycles. The number of nitrogens with one attached hydrogen (secondary N) is 1. The number of nitrogens with two attached hydrogens (primary N) is 1. The minimum absolute atomic E-state index is 0.127. The van der Waals surface area contributed by atoms with Gasteiger partial charge >= 0.3 is 0 Å². The zero-order chi connectivity index (χ0) is 14.8. The minimum Gasteiger partial charge on any atom is -0.352 e. The molecule has 3 rings (SSSR count). The van der Waals surface area contributed by atoms with E-state index in [1.807, 2.05) is 24.3 Å². The SMILES string of the molecule is NC1C2CCCC1CC(C(=O)NCc1ccccc1Cl)C2. The van der Waals surface area contributed by atoms with Gasteiger partial charge in [0, 0.05) is 23.5 Å². The van der Waals surface area contributed by atoms with Crippen LogP contribution in [0, 0.1) is 17.8 Å². The van der Waals surface area contributed by atoms with Crippen molar-refractivity contribution in [2.75, 3.05) is 0 Å². The number of carbonyl (C=O) groups excluding carboxylic acids is 1. The predicted molar refractivity (Wildman–Crippen MR) is 84.8 cm³/mol. The molecule has 3 nitrogen and oxygen atoms in total. The average Bonchev–Trinajstić information content (AvgIpc) is 2.46. The molecule has 0 heterocycles. The lowest BCUT2D eigenvalue weighted by molar-refractivity contribution is -0.128. The number of benzene rings is 1. The van der Waals surface area contributed by atoms with Gasteiger partial charge in [0.25, 0.3) is 0 Å². The number of hydrogen-bond donors (Lipinski definition) is 2. The van der Waals surface area contributed by atoms with E-state index in [1.54, 1.807) is 0 Å². The second-order valence-corrected chi connectivity index (χ2v) is 6.91. The van der Waals surface area contributed by atoms with Crippen LogP contribution in [0.3, 0.4) is 0 Å². The normalized spacial score (nSPS) is 31.7. The fourth-order valence-electron chi connectivity index (χ4n) is 3.97. The lowest BCUT2D eigenvalue weighted by Crippen LogP contribution is -2.49. The molecule has 1 amide bonds. The molecule has 4 heteroatoms. The summed E-state index contributed by atoms with van der Waals surface area (Å²) in [6.45, 7) is 0.510. The second-order valence-electron chi connectivity index (χ2n) is 6.51. The molecule has 1 aromatic rings. The summed E-state index contributed by atoms with van der Waals surface area (Å²) >= 11 is 6.12. The second kappa shape index (κ2) is 6.37. The van der Waals surface area contributed by atoms with Crippen molar-refractivity contribution in [3.05, 3.63) is 34.9 Å². The van der Waals surface area contributed by atoms with Crippen LogP contribution in [0.25, 0.3) is 0 Å². The van der Waals surface area contributed by atoms with Crippen LogP contribution in [0.4, 0.5) is 0 Å². The van der Waals surface area contributed by atoms with Crippen LogP contribution in [0.2, 0.25) is 5.02 Å². The Bertz CT molecular complexity index is 505. The molecule has 2 unspecified atom stereocenters. The number of hydrogen-bond acceptors (Lipinski definition) is 2. The Morgan fingerprint density at radius 2 is 1.90 bits per heavy atom. The summed E-state index contributed by atoms with van der Waals surface area (Å²) in [5.41, 5.74) is 7.25. The summed E-state index contributed by atoms with van der Waals surface area (Å²) in [5, 5.41) is 3.76. The highest BCUT2D eigenvalue weighted by Gasteiger charge is 2.40. The van der Waals surface area contributed by atoms with Gasteiger partial charge in [0.05, 0.1) is 0 Å². The van der Waals surface area contributed by atoms with Crippen LogP contribution in [-0.2, 0) is 11.3 Å². The Hall–Kier alpha value is -1.06. The van der Waals surface area contributed by atoms with Crippen LogP contribution in [0.5, 0.6) is 0 Å². The van der Waals surface area contributed by atoms with Crippen LogP contribution < -0.4 is 11.1 Å². The van der Waals surface area contributed by atoms with Crippen molar-refractivity contribution in [1.82, 2.24) is 5.32 Å². The van der Waals surface area contributed by atoms with Crippen molar-refractivity contribution in [2.24, 2.45) is 23.5 Å². The van der Waals surface area contributed by atoms with E-state index in [0.717, 1.165) is 18.4 Å². The fourth-order valence-corrected chi connectivity index (χ4v) is 4.17. The molecule has 1 aromatic carbocycles. The van der Waals surface area contributed by atoms with Gasteiger partial charge in [-0.15, -0.1) is 0 Å². The Labute approximate surface area is 131 Å².